The van der Waals surface area contributed by atoms with Gasteiger partial charge in [0.2, 0.25) is 0 Å². The van der Waals surface area contributed by atoms with Crippen molar-refractivity contribution >= 4 is 34.1 Å². The molecule has 0 radical (unpaired) electrons. The van der Waals surface area contributed by atoms with Gasteiger partial charge in [0.25, 0.3) is 0 Å². The number of hydrogen-bond acceptors (Lipinski definition) is 4. The van der Waals surface area contributed by atoms with E-state index >= 15 is 0 Å². The maximum absolute atomic E-state index is 14.2. The maximum Gasteiger partial charge on any atom is 0.310 e. The number of benzene rings is 2. The number of nitrogens with zero attached hydrogens (tertiary/aromatic N) is 1. The van der Waals surface area contributed by atoms with Gasteiger partial charge in [-0.1, -0.05) is 42.0 Å². The van der Waals surface area contributed by atoms with E-state index < -0.39 is 23.1 Å². The molecule has 2 aromatic carbocycles. The minimum Gasteiger partial charge on any atom is -0.505 e. The summed E-state index contributed by atoms with van der Waals surface area (Å²) in [7, 11) is 0. The average Bonchev–Trinajstić information content (AvgIpc) is 2.85. The van der Waals surface area contributed by atoms with Crippen LogP contribution in [0, 0.1) is 19.7 Å². The van der Waals surface area contributed by atoms with Gasteiger partial charge in [0.15, 0.2) is 11.6 Å². The third kappa shape index (κ3) is 4.32. The summed E-state index contributed by atoms with van der Waals surface area (Å²) in [6.07, 6.45) is -0.00577. The molecular weight excluding hydrogens is 389 g/mol. The van der Waals surface area contributed by atoms with Crippen molar-refractivity contribution in [1.82, 2.24) is 4.57 Å². The lowest BCUT2D eigenvalue weighted by molar-refractivity contribution is -0.153. The number of rotatable bonds is 3. The Labute approximate surface area is 174 Å². The molecule has 6 heteroatoms. The second kappa shape index (κ2) is 7.59. The molecule has 3 rings (SSSR count). The number of esters is 1. The van der Waals surface area contributed by atoms with Gasteiger partial charge in [-0.2, -0.15) is 0 Å². The number of aryl methyl sites for hydroxylation is 1. The molecule has 0 bridgehead atoms. The van der Waals surface area contributed by atoms with E-state index in [0.717, 1.165) is 11.1 Å². The Hall–Kier alpha value is -2.73. The van der Waals surface area contributed by atoms with Crippen LogP contribution in [0.2, 0.25) is 0 Å². The Balaban J connectivity index is 2.16. The van der Waals surface area contributed by atoms with Crippen molar-refractivity contribution in [3.63, 3.8) is 0 Å². The largest absolute Gasteiger partial charge is 0.505 e. The molecule has 0 aliphatic heterocycles. The first-order chi connectivity index (χ1) is 13.5. The fourth-order valence-corrected chi connectivity index (χ4v) is 3.69. The van der Waals surface area contributed by atoms with Crippen molar-refractivity contribution in [2.75, 3.05) is 0 Å². The van der Waals surface area contributed by atoms with E-state index in [9.17, 15) is 14.3 Å². The van der Waals surface area contributed by atoms with Gasteiger partial charge >= 0.3 is 5.97 Å². The molecule has 1 heterocycles. The number of carbonyl (C=O) groups excluding carboxylic acids is 1. The summed E-state index contributed by atoms with van der Waals surface area (Å²) in [5.74, 6) is -1.61. The Morgan fingerprint density at radius 2 is 1.79 bits per heavy atom. The summed E-state index contributed by atoms with van der Waals surface area (Å²) in [4.78, 5) is 13.0. The molecule has 0 aliphatic carbocycles. The molecule has 152 valence electrons. The van der Waals surface area contributed by atoms with E-state index in [1.54, 1.807) is 25.3 Å². The molecule has 0 saturated heterocycles. The van der Waals surface area contributed by atoms with E-state index in [0.29, 0.717) is 27.1 Å². The number of aromatic hydroxyl groups is 1. The van der Waals surface area contributed by atoms with Crippen molar-refractivity contribution in [3.05, 3.63) is 64.6 Å². The number of fused-ring (bicyclic) bond motifs is 1. The highest BCUT2D eigenvalue weighted by Crippen LogP contribution is 2.32. The van der Waals surface area contributed by atoms with Gasteiger partial charge in [0, 0.05) is 22.7 Å². The summed E-state index contributed by atoms with van der Waals surface area (Å²) in [6.45, 7) is 9.22. The van der Waals surface area contributed by atoms with Crippen LogP contribution in [0.15, 0.2) is 36.4 Å². The number of phenolic OH excluding ortho intramolecular Hbond substituents is 1. The number of carbonyl (C=O) groups is 1. The lowest BCUT2D eigenvalue weighted by Gasteiger charge is -2.19. The molecule has 3 aromatic rings. The van der Waals surface area contributed by atoms with Crippen LogP contribution < -0.4 is 0 Å². The average molecular weight is 414 g/mol. The van der Waals surface area contributed by atoms with Gasteiger partial charge in [-0.3, -0.25) is 4.79 Å². The quantitative estimate of drug-likeness (QED) is 0.473. The van der Waals surface area contributed by atoms with Crippen LogP contribution in [0.1, 0.15) is 43.2 Å². The first kappa shape index (κ1) is 21.0. The van der Waals surface area contributed by atoms with Gasteiger partial charge in [-0.15, -0.1) is 0 Å². The molecule has 0 amide bonds. The van der Waals surface area contributed by atoms with E-state index in [-0.39, 0.29) is 6.42 Å². The Morgan fingerprint density at radius 1 is 1.17 bits per heavy atom. The van der Waals surface area contributed by atoms with E-state index in [1.165, 1.54) is 12.1 Å². The van der Waals surface area contributed by atoms with Gasteiger partial charge in [0.1, 0.15) is 10.6 Å². The molecule has 4 nitrogen and oxygen atoms in total. The molecule has 0 fully saturated rings. The topological polar surface area (TPSA) is 51.5 Å². The smallest absolute Gasteiger partial charge is 0.310 e. The first-order valence-electron chi connectivity index (χ1n) is 9.33. The SMILES string of the molecule is Cc1ccc(C(=S)n2c(C)c(CC(=O)OC(C)(C)C)c3cc(O)c(F)cc32)cc1. The van der Waals surface area contributed by atoms with E-state index in [2.05, 4.69) is 0 Å². The molecule has 0 spiro atoms. The van der Waals surface area contributed by atoms with Gasteiger partial charge in [-0.25, -0.2) is 4.39 Å². The highest BCUT2D eigenvalue weighted by Gasteiger charge is 2.24. The van der Waals surface area contributed by atoms with Crippen LogP contribution in [0.4, 0.5) is 4.39 Å². The third-order valence-electron chi connectivity index (χ3n) is 4.65. The molecule has 0 atom stereocenters. The van der Waals surface area contributed by atoms with Crippen molar-refractivity contribution in [2.45, 2.75) is 46.6 Å². The minimum absolute atomic E-state index is 0.00577. The van der Waals surface area contributed by atoms with Crippen LogP contribution in [0.3, 0.4) is 0 Å². The second-order valence-electron chi connectivity index (χ2n) is 8.15. The Bertz CT molecular complexity index is 1110. The maximum atomic E-state index is 14.2. The van der Waals surface area contributed by atoms with Crippen LogP contribution in [-0.4, -0.2) is 26.2 Å². The van der Waals surface area contributed by atoms with Crippen molar-refractivity contribution in [1.29, 1.82) is 0 Å². The van der Waals surface area contributed by atoms with Crippen molar-refractivity contribution in [2.24, 2.45) is 0 Å². The second-order valence-corrected chi connectivity index (χ2v) is 8.54. The molecular formula is C23H24FNO3S. The standard InChI is InChI=1S/C23H24FNO3S/c1-13-6-8-15(9-7-13)22(29)25-14(2)16(11-21(27)28-23(3,4)5)17-10-20(26)18(24)12-19(17)25/h6-10,12,26H,11H2,1-5H3. The van der Waals surface area contributed by atoms with Crippen molar-refractivity contribution < 1.29 is 19.0 Å². The van der Waals surface area contributed by atoms with Gasteiger partial charge in [0.05, 0.1) is 11.9 Å². The molecule has 0 saturated carbocycles. The predicted octanol–water partition coefficient (Wildman–Crippen LogP) is 5.21. The first-order valence-corrected chi connectivity index (χ1v) is 9.74. The highest BCUT2D eigenvalue weighted by molar-refractivity contribution is 7.80. The van der Waals surface area contributed by atoms with Gasteiger partial charge < -0.3 is 14.4 Å². The number of thiocarbonyl (C=S) groups is 1. The lowest BCUT2D eigenvalue weighted by Crippen LogP contribution is -2.25. The minimum atomic E-state index is -0.744. The molecule has 29 heavy (non-hydrogen) atoms. The number of hydrogen-bond donors (Lipinski definition) is 1. The zero-order valence-electron chi connectivity index (χ0n) is 17.2. The number of halogens is 1. The fourth-order valence-electron chi connectivity index (χ4n) is 3.32. The monoisotopic (exact) mass is 413 g/mol. The molecule has 0 aliphatic rings. The number of ether oxygens (including phenoxy) is 1. The molecule has 0 unspecified atom stereocenters. The van der Waals surface area contributed by atoms with Crippen molar-refractivity contribution in [3.8, 4) is 5.75 Å². The Morgan fingerprint density at radius 3 is 2.38 bits per heavy atom. The third-order valence-corrected chi connectivity index (χ3v) is 5.06. The normalized spacial score (nSPS) is 11.7. The lowest BCUT2D eigenvalue weighted by atomic mass is 10.1. The zero-order valence-corrected chi connectivity index (χ0v) is 18.0. The number of phenols is 1. The summed E-state index contributed by atoms with van der Waals surface area (Å²) >= 11 is 5.70. The van der Waals surface area contributed by atoms with Crippen LogP contribution >= 0.6 is 12.2 Å². The zero-order chi connectivity index (χ0) is 21.5. The van der Waals surface area contributed by atoms with Crippen LogP contribution in [0.5, 0.6) is 5.75 Å². The number of aromatic nitrogens is 1. The van der Waals surface area contributed by atoms with E-state index in [1.807, 2.05) is 38.1 Å². The summed E-state index contributed by atoms with van der Waals surface area (Å²) in [5.41, 5.74) is 3.16. The highest BCUT2D eigenvalue weighted by atomic mass is 32.1. The van der Waals surface area contributed by atoms with Gasteiger partial charge in [-0.05, 0) is 46.2 Å². The fraction of sp³-hybridized carbons (Fsp3) is 0.304. The predicted molar refractivity (Wildman–Crippen MR) is 116 cm³/mol. The van der Waals surface area contributed by atoms with Crippen LogP contribution in [-0.2, 0) is 16.0 Å². The summed E-state index contributed by atoms with van der Waals surface area (Å²) in [6, 6.07) is 10.3. The Kier molecular flexibility index (Phi) is 5.50. The van der Waals surface area contributed by atoms with E-state index in [4.69, 9.17) is 17.0 Å². The molecule has 1 aromatic heterocycles. The molecule has 1 N–H and O–H groups in total. The van der Waals surface area contributed by atoms with Crippen LogP contribution in [0.25, 0.3) is 10.9 Å². The summed E-state index contributed by atoms with van der Waals surface area (Å²) < 4.78 is 21.4. The summed E-state index contributed by atoms with van der Waals surface area (Å²) in [5, 5.41) is 10.5.